The average Bonchev–Trinajstić information content (AvgIpc) is 3.20. The Hall–Kier alpha value is 0.110. The van der Waals surface area contributed by atoms with E-state index in [9.17, 15) is 9.46 Å². The summed E-state index contributed by atoms with van der Waals surface area (Å²) in [6.07, 6.45) is 61.6. The van der Waals surface area contributed by atoms with Gasteiger partial charge in [0, 0.05) is 13.1 Å². The van der Waals surface area contributed by atoms with Crippen molar-refractivity contribution in [2.75, 3.05) is 19.7 Å². The largest absolute Gasteiger partial charge is 0.405 e. The van der Waals surface area contributed by atoms with Crippen molar-refractivity contribution in [3.05, 3.63) is 0 Å². The number of nitrogens with zero attached hydrogens (tertiary/aromatic N) is 1. The molecule has 0 aliphatic heterocycles. The van der Waals surface area contributed by atoms with Gasteiger partial charge >= 0.3 is 7.75 Å². The topological polar surface area (TPSA) is 49.8 Å². The normalized spacial score (nSPS) is 12.9. The fourth-order valence-electron chi connectivity index (χ4n) is 8.46. The first-order chi connectivity index (χ1) is 27.6. The van der Waals surface area contributed by atoms with Crippen LogP contribution in [0.5, 0.6) is 0 Å². The summed E-state index contributed by atoms with van der Waals surface area (Å²) in [6.45, 7) is 8.35. The Labute approximate surface area is 354 Å². The minimum absolute atomic E-state index is 0.364. The summed E-state index contributed by atoms with van der Waals surface area (Å²) in [6, 6.07) is 0. The molecule has 338 valence electrons. The van der Waals surface area contributed by atoms with E-state index in [2.05, 4.69) is 13.8 Å². The van der Waals surface area contributed by atoms with E-state index in [1.165, 1.54) is 257 Å². The van der Waals surface area contributed by atoms with Crippen LogP contribution in [0.25, 0.3) is 0 Å². The van der Waals surface area contributed by atoms with Crippen LogP contribution in [0.4, 0.5) is 0 Å². The Balaban J connectivity index is 3.66. The summed E-state index contributed by atoms with van der Waals surface area (Å²) in [4.78, 5) is 10.7. The quantitative estimate of drug-likeness (QED) is 0.0491. The lowest BCUT2D eigenvalue weighted by molar-refractivity contribution is 0.197. The van der Waals surface area contributed by atoms with Crippen LogP contribution in [-0.4, -0.2) is 29.3 Å². The van der Waals surface area contributed by atoms with Gasteiger partial charge in [0.25, 0.3) is 0 Å². The van der Waals surface area contributed by atoms with E-state index in [0.29, 0.717) is 19.7 Å². The summed E-state index contributed by atoms with van der Waals surface area (Å²) in [7, 11) is -3.68. The Morgan fingerprint density at radius 2 is 0.482 bits per heavy atom. The maximum absolute atomic E-state index is 13.0. The molecule has 0 fully saturated rings. The molecule has 4 nitrogen and oxygen atoms in total. The lowest BCUT2D eigenvalue weighted by Gasteiger charge is -2.26. The van der Waals surface area contributed by atoms with Crippen molar-refractivity contribution >= 4 is 7.75 Å². The fourth-order valence-corrected chi connectivity index (χ4v) is 9.83. The number of hydrogen-bond donors (Lipinski definition) is 1. The monoisotopic (exact) mass is 812 g/mol. The van der Waals surface area contributed by atoms with Crippen molar-refractivity contribution in [1.29, 1.82) is 0 Å². The lowest BCUT2D eigenvalue weighted by Crippen LogP contribution is -2.24. The first-order valence-electron chi connectivity index (χ1n) is 26.3. The highest BCUT2D eigenvalue weighted by molar-refractivity contribution is 7.50. The van der Waals surface area contributed by atoms with E-state index < -0.39 is 7.75 Å². The highest BCUT2D eigenvalue weighted by Crippen LogP contribution is 2.46. The maximum atomic E-state index is 13.0. The van der Waals surface area contributed by atoms with Gasteiger partial charge in [-0.15, -0.1) is 0 Å². The van der Waals surface area contributed by atoms with Gasteiger partial charge in [-0.1, -0.05) is 290 Å². The SMILES string of the molecule is CCCCCCCCCCCCCCCCCCCCCCCCN(CCCCCCCCCCCCCCCCCCCCCCCC)P(=O)(O)OCCC. The molecule has 0 heterocycles. The molecule has 0 saturated carbocycles. The second-order valence-corrected chi connectivity index (χ2v) is 19.9. The minimum atomic E-state index is -3.68. The summed E-state index contributed by atoms with van der Waals surface area (Å²) in [5.41, 5.74) is 0. The van der Waals surface area contributed by atoms with Gasteiger partial charge in [-0.05, 0) is 19.3 Å². The smallest absolute Gasteiger partial charge is 0.312 e. The van der Waals surface area contributed by atoms with Crippen LogP contribution < -0.4 is 0 Å². The molecule has 0 aromatic heterocycles. The molecule has 1 unspecified atom stereocenters. The molecule has 0 aromatic rings. The van der Waals surface area contributed by atoms with Gasteiger partial charge < -0.3 is 4.89 Å². The van der Waals surface area contributed by atoms with Gasteiger partial charge in [0.2, 0.25) is 0 Å². The molecule has 0 radical (unpaired) electrons. The summed E-state index contributed by atoms with van der Waals surface area (Å²) in [5.74, 6) is 0. The Morgan fingerprint density at radius 3 is 0.661 bits per heavy atom. The molecule has 56 heavy (non-hydrogen) atoms. The summed E-state index contributed by atoms with van der Waals surface area (Å²) in [5, 5.41) is 0. The molecule has 0 bridgehead atoms. The lowest BCUT2D eigenvalue weighted by atomic mass is 10.0. The van der Waals surface area contributed by atoms with E-state index >= 15 is 0 Å². The van der Waals surface area contributed by atoms with E-state index in [-0.39, 0.29) is 0 Å². The molecule has 0 aliphatic carbocycles. The molecular weight excluding hydrogens is 706 g/mol. The average molecular weight is 812 g/mol. The van der Waals surface area contributed by atoms with Gasteiger partial charge in [0.1, 0.15) is 0 Å². The standard InChI is InChI=1S/C51H106NO3P/c1-4-7-9-11-13-15-17-19-21-23-25-27-29-31-33-35-37-39-41-43-45-47-49-52(56(53,54)55-51-6-3)50-48-46-44-42-40-38-36-34-32-30-28-26-24-22-20-18-16-14-12-10-8-5-2/h4-51H2,1-3H3,(H,53,54). The van der Waals surface area contributed by atoms with Crippen molar-refractivity contribution in [1.82, 2.24) is 4.67 Å². The zero-order chi connectivity index (χ0) is 40.7. The highest BCUT2D eigenvalue weighted by Gasteiger charge is 2.28. The zero-order valence-corrected chi connectivity index (χ0v) is 40.0. The van der Waals surface area contributed by atoms with E-state index in [1.807, 2.05) is 6.92 Å². The third-order valence-electron chi connectivity index (χ3n) is 12.4. The van der Waals surface area contributed by atoms with Gasteiger partial charge in [-0.3, -0.25) is 4.52 Å². The molecule has 0 aromatic carbocycles. The molecule has 0 saturated heterocycles. The van der Waals surface area contributed by atoms with Crippen molar-refractivity contribution in [3.8, 4) is 0 Å². The van der Waals surface area contributed by atoms with Crippen LogP contribution in [0, 0.1) is 0 Å². The fraction of sp³-hybridized carbons (Fsp3) is 1.00. The molecule has 1 N–H and O–H groups in total. The van der Waals surface area contributed by atoms with E-state index in [4.69, 9.17) is 4.52 Å². The van der Waals surface area contributed by atoms with Crippen LogP contribution in [0.2, 0.25) is 0 Å². The molecule has 0 amide bonds. The van der Waals surface area contributed by atoms with Crippen molar-refractivity contribution in [2.45, 2.75) is 310 Å². The van der Waals surface area contributed by atoms with Gasteiger partial charge in [-0.2, -0.15) is 0 Å². The zero-order valence-electron chi connectivity index (χ0n) is 39.1. The number of hydrogen-bond acceptors (Lipinski definition) is 2. The molecule has 0 rings (SSSR count). The Morgan fingerprint density at radius 1 is 0.304 bits per heavy atom. The first kappa shape index (κ1) is 56.1. The molecule has 0 aliphatic rings. The second-order valence-electron chi connectivity index (χ2n) is 18.1. The minimum Gasteiger partial charge on any atom is -0.312 e. The van der Waals surface area contributed by atoms with Crippen LogP contribution in [-0.2, 0) is 9.09 Å². The molecule has 0 spiro atoms. The molecule has 1 atom stereocenters. The summed E-state index contributed by atoms with van der Waals surface area (Å²) >= 11 is 0. The third kappa shape index (κ3) is 43.7. The molecular formula is C51H106NO3P. The Bertz CT molecular complexity index is 715. The highest BCUT2D eigenvalue weighted by atomic mass is 31.2. The van der Waals surface area contributed by atoms with E-state index in [1.54, 1.807) is 4.67 Å². The first-order valence-corrected chi connectivity index (χ1v) is 27.8. The predicted molar refractivity (Wildman–Crippen MR) is 252 cm³/mol. The van der Waals surface area contributed by atoms with Gasteiger partial charge in [0.05, 0.1) is 6.61 Å². The van der Waals surface area contributed by atoms with Crippen LogP contribution >= 0.6 is 7.75 Å². The Kier molecular flexibility index (Phi) is 47.9. The number of unbranched alkanes of at least 4 members (excludes halogenated alkanes) is 42. The second kappa shape index (κ2) is 47.8. The van der Waals surface area contributed by atoms with Crippen molar-refractivity contribution < 1.29 is 14.0 Å². The number of rotatable bonds is 50. The predicted octanol–water partition coefficient (Wildman–Crippen LogP) is 19.0. The third-order valence-corrected chi connectivity index (χ3v) is 14.0. The van der Waals surface area contributed by atoms with Crippen molar-refractivity contribution in [2.24, 2.45) is 0 Å². The van der Waals surface area contributed by atoms with E-state index in [0.717, 1.165) is 32.1 Å². The van der Waals surface area contributed by atoms with Gasteiger partial charge in [0.15, 0.2) is 0 Å². The van der Waals surface area contributed by atoms with Gasteiger partial charge in [-0.25, -0.2) is 9.24 Å². The van der Waals surface area contributed by atoms with Crippen LogP contribution in [0.1, 0.15) is 310 Å². The van der Waals surface area contributed by atoms with Crippen LogP contribution in [0.15, 0.2) is 0 Å². The maximum Gasteiger partial charge on any atom is 0.405 e. The summed E-state index contributed by atoms with van der Waals surface area (Å²) < 4.78 is 20.3. The molecule has 5 heteroatoms. The van der Waals surface area contributed by atoms with Crippen molar-refractivity contribution in [3.63, 3.8) is 0 Å². The van der Waals surface area contributed by atoms with Crippen LogP contribution in [0.3, 0.4) is 0 Å².